The highest BCUT2D eigenvalue weighted by Gasteiger charge is 2.46. The van der Waals surface area contributed by atoms with Gasteiger partial charge in [0.15, 0.2) is 0 Å². The molecule has 0 spiro atoms. The van der Waals surface area contributed by atoms with Gasteiger partial charge in [0.05, 0.1) is 11.3 Å². The van der Waals surface area contributed by atoms with Crippen LogP contribution in [0.25, 0.3) is 16.6 Å². The number of aromatic nitrogens is 2. The van der Waals surface area contributed by atoms with E-state index in [-0.39, 0.29) is 0 Å². The lowest BCUT2D eigenvalue weighted by Gasteiger charge is -2.39. The van der Waals surface area contributed by atoms with Crippen LogP contribution in [0.15, 0.2) is 48.7 Å². The smallest absolute Gasteiger partial charge is 0.250 e. The molecule has 3 aromatic rings. The number of amides is 1. The van der Waals surface area contributed by atoms with Crippen molar-refractivity contribution in [2.24, 2.45) is 11.7 Å². The van der Waals surface area contributed by atoms with E-state index in [1.54, 1.807) is 6.07 Å². The SMILES string of the molecule is NC(=O)c1cccc2cn(-c3ccc([C@@]4(C5CC5)CCCNC4)cc3)nc12. The fourth-order valence-corrected chi connectivity index (χ4v) is 4.72. The summed E-state index contributed by atoms with van der Waals surface area (Å²) in [4.78, 5) is 11.7. The predicted molar refractivity (Wildman–Crippen MR) is 106 cm³/mol. The molecule has 3 N–H and O–H groups in total. The summed E-state index contributed by atoms with van der Waals surface area (Å²) in [5.74, 6) is 0.374. The average Bonchev–Trinajstić information content (AvgIpc) is 3.47. The maximum absolute atomic E-state index is 11.7. The molecular formula is C22H24N4O. The molecule has 1 saturated heterocycles. The molecule has 1 amide bonds. The van der Waals surface area contributed by atoms with Gasteiger partial charge in [0.25, 0.3) is 5.91 Å². The van der Waals surface area contributed by atoms with Gasteiger partial charge < -0.3 is 11.1 Å². The molecule has 0 radical (unpaired) electrons. The number of carbonyl (C=O) groups is 1. The van der Waals surface area contributed by atoms with E-state index in [0.717, 1.165) is 30.1 Å². The molecule has 0 unspecified atom stereocenters. The van der Waals surface area contributed by atoms with Crippen molar-refractivity contribution in [1.29, 1.82) is 0 Å². The minimum Gasteiger partial charge on any atom is -0.366 e. The van der Waals surface area contributed by atoms with Crippen LogP contribution in [0.2, 0.25) is 0 Å². The van der Waals surface area contributed by atoms with Crippen LogP contribution < -0.4 is 11.1 Å². The van der Waals surface area contributed by atoms with Gasteiger partial charge in [-0.15, -0.1) is 0 Å². The van der Waals surface area contributed by atoms with Crippen LogP contribution in [-0.4, -0.2) is 28.8 Å². The summed E-state index contributed by atoms with van der Waals surface area (Å²) in [5.41, 5.74) is 9.34. The summed E-state index contributed by atoms with van der Waals surface area (Å²) in [7, 11) is 0. The van der Waals surface area contributed by atoms with E-state index in [2.05, 4.69) is 34.7 Å². The number of nitrogens with two attached hydrogens (primary N) is 1. The first kappa shape index (κ1) is 16.5. The first-order valence-corrected chi connectivity index (χ1v) is 9.77. The number of piperidine rings is 1. The second-order valence-corrected chi connectivity index (χ2v) is 7.94. The molecule has 1 aliphatic heterocycles. The third kappa shape index (κ3) is 2.73. The maximum Gasteiger partial charge on any atom is 0.250 e. The van der Waals surface area contributed by atoms with Crippen molar-refractivity contribution in [3.05, 3.63) is 59.8 Å². The second kappa shape index (κ2) is 6.20. The number of nitrogens with zero attached hydrogens (tertiary/aromatic N) is 2. The zero-order valence-corrected chi connectivity index (χ0v) is 15.3. The molecule has 0 bridgehead atoms. The number of hydrogen-bond acceptors (Lipinski definition) is 3. The van der Waals surface area contributed by atoms with Gasteiger partial charge in [0.2, 0.25) is 0 Å². The van der Waals surface area contributed by atoms with Crippen LogP contribution >= 0.6 is 0 Å². The number of primary amides is 1. The molecule has 138 valence electrons. The third-order valence-electron chi connectivity index (χ3n) is 6.28. The fraction of sp³-hybridized carbons (Fsp3) is 0.364. The van der Waals surface area contributed by atoms with E-state index in [1.807, 2.05) is 23.0 Å². The van der Waals surface area contributed by atoms with Crippen LogP contribution in [-0.2, 0) is 5.41 Å². The third-order valence-corrected chi connectivity index (χ3v) is 6.28. The van der Waals surface area contributed by atoms with E-state index in [4.69, 9.17) is 5.73 Å². The number of hydrogen-bond donors (Lipinski definition) is 2. The quantitative estimate of drug-likeness (QED) is 0.751. The summed E-state index contributed by atoms with van der Waals surface area (Å²) in [6, 6.07) is 14.3. The zero-order chi connectivity index (χ0) is 18.4. The molecule has 5 heteroatoms. The Morgan fingerprint density at radius 2 is 2.00 bits per heavy atom. The molecule has 2 aliphatic rings. The fourth-order valence-electron chi connectivity index (χ4n) is 4.72. The summed E-state index contributed by atoms with van der Waals surface area (Å²) in [6.45, 7) is 2.22. The summed E-state index contributed by atoms with van der Waals surface area (Å²) in [6.07, 6.45) is 7.18. The van der Waals surface area contributed by atoms with E-state index in [0.29, 0.717) is 16.5 Å². The molecule has 1 aliphatic carbocycles. The molecule has 1 atom stereocenters. The Morgan fingerprint density at radius 1 is 1.19 bits per heavy atom. The van der Waals surface area contributed by atoms with Crippen molar-refractivity contribution in [3.8, 4) is 5.69 Å². The molecule has 2 fully saturated rings. The number of rotatable bonds is 4. The van der Waals surface area contributed by atoms with Crippen molar-refractivity contribution in [2.45, 2.75) is 31.1 Å². The Morgan fingerprint density at radius 3 is 2.67 bits per heavy atom. The van der Waals surface area contributed by atoms with Crippen molar-refractivity contribution in [1.82, 2.24) is 15.1 Å². The molecular weight excluding hydrogens is 336 g/mol. The highest BCUT2D eigenvalue weighted by atomic mass is 16.1. The van der Waals surface area contributed by atoms with Crippen molar-refractivity contribution < 1.29 is 4.79 Å². The largest absolute Gasteiger partial charge is 0.366 e. The van der Waals surface area contributed by atoms with Gasteiger partial charge >= 0.3 is 0 Å². The zero-order valence-electron chi connectivity index (χ0n) is 15.3. The Balaban J connectivity index is 1.51. The van der Waals surface area contributed by atoms with Crippen molar-refractivity contribution >= 4 is 16.8 Å². The predicted octanol–water partition coefficient (Wildman–Crippen LogP) is 3.16. The molecule has 1 saturated carbocycles. The Kier molecular flexibility index (Phi) is 3.79. The number of carbonyl (C=O) groups excluding carboxylic acids is 1. The normalized spacial score (nSPS) is 22.8. The van der Waals surface area contributed by atoms with Crippen LogP contribution in [0.4, 0.5) is 0 Å². The van der Waals surface area contributed by atoms with Crippen LogP contribution in [0.5, 0.6) is 0 Å². The van der Waals surface area contributed by atoms with Gasteiger partial charge in [-0.05, 0) is 61.9 Å². The molecule has 27 heavy (non-hydrogen) atoms. The van der Waals surface area contributed by atoms with Gasteiger partial charge in [-0.1, -0.05) is 24.3 Å². The lowest BCUT2D eigenvalue weighted by atomic mass is 9.71. The van der Waals surface area contributed by atoms with Gasteiger partial charge in [-0.25, -0.2) is 4.68 Å². The van der Waals surface area contributed by atoms with E-state index < -0.39 is 5.91 Å². The van der Waals surface area contributed by atoms with Gasteiger partial charge in [-0.2, -0.15) is 5.10 Å². The van der Waals surface area contributed by atoms with Crippen LogP contribution in [0, 0.1) is 5.92 Å². The first-order chi connectivity index (χ1) is 13.2. The molecule has 5 rings (SSSR count). The molecule has 2 heterocycles. The summed E-state index contributed by atoms with van der Waals surface area (Å²) < 4.78 is 1.84. The van der Waals surface area contributed by atoms with E-state index in [9.17, 15) is 4.79 Å². The van der Waals surface area contributed by atoms with Crippen molar-refractivity contribution in [2.75, 3.05) is 13.1 Å². The number of nitrogens with one attached hydrogen (secondary N) is 1. The van der Waals surface area contributed by atoms with Crippen molar-refractivity contribution in [3.63, 3.8) is 0 Å². The molecule has 2 aromatic carbocycles. The standard InChI is InChI=1S/C22H24N4O/c23-21(27)19-4-1-3-15-13-26(25-20(15)19)18-9-7-17(8-10-18)22(16-5-6-16)11-2-12-24-14-22/h1,3-4,7-10,13,16,24H,2,5-6,11-12,14H2,(H2,23,27)/t22-/m0/s1. The highest BCUT2D eigenvalue weighted by molar-refractivity contribution is 6.04. The maximum atomic E-state index is 11.7. The van der Waals surface area contributed by atoms with E-state index in [1.165, 1.54) is 31.2 Å². The lowest BCUT2D eigenvalue weighted by molar-refractivity contribution is 0.100. The minimum absolute atomic E-state index is 0.296. The monoisotopic (exact) mass is 360 g/mol. The summed E-state index contributed by atoms with van der Waals surface area (Å²) >= 11 is 0. The molecule has 1 aromatic heterocycles. The lowest BCUT2D eigenvalue weighted by Crippen LogP contribution is -2.45. The average molecular weight is 360 g/mol. The Hall–Kier alpha value is -2.66. The summed E-state index contributed by atoms with van der Waals surface area (Å²) in [5, 5.41) is 9.15. The number of benzene rings is 2. The van der Waals surface area contributed by atoms with Crippen LogP contribution in [0.1, 0.15) is 41.6 Å². The first-order valence-electron chi connectivity index (χ1n) is 9.77. The topological polar surface area (TPSA) is 72.9 Å². The second-order valence-electron chi connectivity index (χ2n) is 7.94. The Bertz CT molecular complexity index is 995. The van der Waals surface area contributed by atoms with Gasteiger partial charge in [0.1, 0.15) is 5.52 Å². The van der Waals surface area contributed by atoms with Gasteiger partial charge in [-0.3, -0.25) is 4.79 Å². The van der Waals surface area contributed by atoms with Gasteiger partial charge in [0, 0.05) is 23.5 Å². The Labute approximate surface area is 158 Å². The minimum atomic E-state index is -0.447. The molecule has 5 nitrogen and oxygen atoms in total. The highest BCUT2D eigenvalue weighted by Crippen LogP contribution is 2.50. The van der Waals surface area contributed by atoms with Crippen LogP contribution in [0.3, 0.4) is 0 Å². The number of fused-ring (bicyclic) bond motifs is 1. The van der Waals surface area contributed by atoms with E-state index >= 15 is 0 Å².